The van der Waals surface area contributed by atoms with Crippen molar-refractivity contribution in [3.05, 3.63) is 89.3 Å². The van der Waals surface area contributed by atoms with Crippen LogP contribution in [-0.2, 0) is 35.2 Å². The van der Waals surface area contributed by atoms with Crippen molar-refractivity contribution in [1.29, 1.82) is 0 Å². The van der Waals surface area contributed by atoms with Crippen LogP contribution in [0.1, 0.15) is 52.8 Å². The molecule has 11 heteroatoms. The minimum atomic E-state index is -4.44. The van der Waals surface area contributed by atoms with Crippen molar-refractivity contribution < 1.29 is 31.9 Å². The number of para-hydroxylation sites is 1. The molecule has 4 aromatic rings. The van der Waals surface area contributed by atoms with E-state index in [1.54, 1.807) is 17.9 Å². The molecule has 0 atom stereocenters. The van der Waals surface area contributed by atoms with Crippen LogP contribution in [-0.4, -0.2) is 57.9 Å². The Balaban J connectivity index is 1.28. The number of esters is 1. The number of carbonyl (C=O) groups excluding carboxylic acids is 2. The van der Waals surface area contributed by atoms with E-state index in [2.05, 4.69) is 9.97 Å². The first-order chi connectivity index (χ1) is 20.2. The molecular formula is C31H33F3N4O4. The van der Waals surface area contributed by atoms with E-state index in [1.165, 1.54) is 12.3 Å². The van der Waals surface area contributed by atoms with E-state index in [9.17, 15) is 22.8 Å². The quantitative estimate of drug-likeness (QED) is 0.237. The average molecular weight is 583 g/mol. The lowest BCUT2D eigenvalue weighted by Crippen LogP contribution is -2.40. The molecule has 1 N–H and O–H groups in total. The number of likely N-dealkylation sites (tertiary alicyclic amines) is 1. The lowest BCUT2D eigenvalue weighted by atomic mass is 9.97. The molecule has 1 aliphatic rings. The van der Waals surface area contributed by atoms with Crippen LogP contribution in [0.3, 0.4) is 0 Å². The van der Waals surface area contributed by atoms with Gasteiger partial charge in [0.2, 0.25) is 5.89 Å². The number of carbonyl (C=O) groups is 2. The van der Waals surface area contributed by atoms with E-state index in [-0.39, 0.29) is 36.6 Å². The zero-order valence-electron chi connectivity index (χ0n) is 23.3. The number of hydrogen-bond acceptors (Lipinski definition) is 6. The van der Waals surface area contributed by atoms with Gasteiger partial charge in [0.15, 0.2) is 5.69 Å². The number of piperidine rings is 1. The highest BCUT2D eigenvalue weighted by molar-refractivity contribution is 5.92. The fourth-order valence-electron chi connectivity index (χ4n) is 5.35. The maximum atomic E-state index is 13.4. The Bertz CT molecular complexity index is 1520. The zero-order chi connectivity index (χ0) is 29.7. The molecule has 0 spiro atoms. The molecule has 0 unspecified atom stereocenters. The smallest absolute Gasteiger partial charge is 0.416 e. The molecule has 3 heterocycles. The summed E-state index contributed by atoms with van der Waals surface area (Å²) in [4.78, 5) is 36.4. The summed E-state index contributed by atoms with van der Waals surface area (Å²) in [5.74, 6) is -0.438. The van der Waals surface area contributed by atoms with E-state index in [4.69, 9.17) is 9.15 Å². The second-order valence-corrected chi connectivity index (χ2v) is 10.5. The van der Waals surface area contributed by atoms with Crippen LogP contribution in [0.5, 0.6) is 0 Å². The van der Waals surface area contributed by atoms with Crippen molar-refractivity contribution in [2.75, 3.05) is 26.2 Å². The Labute approximate surface area is 241 Å². The fraction of sp³-hybridized carbons (Fsp3) is 0.387. The van der Waals surface area contributed by atoms with Gasteiger partial charge in [-0.15, -0.1) is 0 Å². The minimum absolute atomic E-state index is 0.162. The van der Waals surface area contributed by atoms with Gasteiger partial charge in [0.25, 0.3) is 5.91 Å². The summed E-state index contributed by atoms with van der Waals surface area (Å²) in [6.45, 7) is 3.88. The number of oxazole rings is 1. The van der Waals surface area contributed by atoms with Crippen LogP contribution < -0.4 is 0 Å². The number of benzene rings is 2. The van der Waals surface area contributed by atoms with Crippen molar-refractivity contribution in [3.63, 3.8) is 0 Å². The summed E-state index contributed by atoms with van der Waals surface area (Å²) in [5, 5.41) is 1.09. The summed E-state index contributed by atoms with van der Waals surface area (Å²) in [6, 6.07) is 13.2. The summed E-state index contributed by atoms with van der Waals surface area (Å²) in [6.07, 6.45) is 0.511. The molecule has 0 saturated carbocycles. The van der Waals surface area contributed by atoms with Gasteiger partial charge >= 0.3 is 12.1 Å². The topological polar surface area (TPSA) is 91.7 Å². The van der Waals surface area contributed by atoms with Crippen molar-refractivity contribution in [2.45, 2.75) is 45.5 Å². The van der Waals surface area contributed by atoms with Crippen LogP contribution in [0.25, 0.3) is 10.9 Å². The van der Waals surface area contributed by atoms with Gasteiger partial charge in [0.1, 0.15) is 6.26 Å². The molecule has 0 bridgehead atoms. The summed E-state index contributed by atoms with van der Waals surface area (Å²) < 4.78 is 50.8. The summed E-state index contributed by atoms with van der Waals surface area (Å²) >= 11 is 0. The normalized spacial score (nSPS) is 14.5. The highest BCUT2D eigenvalue weighted by Crippen LogP contribution is 2.30. The number of aromatic amines is 1. The molecule has 0 radical (unpaired) electrons. The first kappa shape index (κ1) is 29.4. The lowest BCUT2D eigenvalue weighted by molar-refractivity contribution is -0.149. The molecule has 1 amide bonds. The van der Waals surface area contributed by atoms with E-state index in [0.717, 1.165) is 28.6 Å². The van der Waals surface area contributed by atoms with Gasteiger partial charge in [-0.25, -0.2) is 4.98 Å². The molecule has 0 aliphatic carbocycles. The number of fused-ring (bicyclic) bond motifs is 1. The third-order valence-electron chi connectivity index (χ3n) is 7.56. The molecule has 8 nitrogen and oxygen atoms in total. The van der Waals surface area contributed by atoms with Crippen molar-refractivity contribution in [2.24, 2.45) is 5.92 Å². The van der Waals surface area contributed by atoms with Crippen LogP contribution in [0.15, 0.2) is 65.4 Å². The molecule has 5 rings (SSSR count). The maximum Gasteiger partial charge on any atom is 0.416 e. The summed E-state index contributed by atoms with van der Waals surface area (Å²) in [5.41, 5.74) is 2.08. The van der Waals surface area contributed by atoms with Crippen LogP contribution >= 0.6 is 0 Å². The fourth-order valence-corrected chi connectivity index (χ4v) is 5.35. The number of nitrogens with zero attached hydrogens (tertiary/aromatic N) is 3. The van der Waals surface area contributed by atoms with Gasteiger partial charge in [-0.3, -0.25) is 14.5 Å². The van der Waals surface area contributed by atoms with E-state index in [1.807, 2.05) is 35.4 Å². The van der Waals surface area contributed by atoms with E-state index < -0.39 is 11.7 Å². The molecular weight excluding hydrogens is 549 g/mol. The van der Waals surface area contributed by atoms with Gasteiger partial charge in [0, 0.05) is 43.3 Å². The molecule has 1 aliphatic heterocycles. The monoisotopic (exact) mass is 582 g/mol. The molecule has 2 aromatic heterocycles. The number of hydrogen-bond donors (Lipinski definition) is 1. The molecule has 1 fully saturated rings. The Hall–Kier alpha value is -4.12. The van der Waals surface area contributed by atoms with Crippen molar-refractivity contribution in [3.8, 4) is 0 Å². The third-order valence-corrected chi connectivity index (χ3v) is 7.56. The third kappa shape index (κ3) is 7.02. The highest BCUT2D eigenvalue weighted by atomic mass is 19.4. The van der Waals surface area contributed by atoms with Gasteiger partial charge < -0.3 is 19.0 Å². The second kappa shape index (κ2) is 12.8. The number of halogens is 3. The Morgan fingerprint density at radius 2 is 1.90 bits per heavy atom. The Kier molecular flexibility index (Phi) is 8.96. The van der Waals surface area contributed by atoms with Crippen LogP contribution in [0, 0.1) is 5.92 Å². The standard InChI is InChI=1S/C31H33F3N4O4/c1-2-41-30(40)22-11-14-38(15-12-22)29(39)27-20-42-28(36-27)19-37(18-21-6-5-7-24(16-21)31(32,33)34)13-10-23-17-35-26-9-4-3-8-25(23)26/h3-9,16-17,20,22,35H,2,10-15,18-19H2,1H3. The first-order valence-electron chi connectivity index (χ1n) is 14.0. The largest absolute Gasteiger partial charge is 0.466 e. The minimum Gasteiger partial charge on any atom is -0.466 e. The van der Waals surface area contributed by atoms with E-state index >= 15 is 0 Å². The lowest BCUT2D eigenvalue weighted by Gasteiger charge is -2.30. The number of H-pyrrole nitrogens is 1. The van der Waals surface area contributed by atoms with Crippen molar-refractivity contribution >= 4 is 22.8 Å². The predicted molar refractivity (Wildman–Crippen MR) is 149 cm³/mol. The number of rotatable bonds is 10. The zero-order valence-corrected chi connectivity index (χ0v) is 23.3. The first-order valence-corrected chi connectivity index (χ1v) is 14.0. The number of aromatic nitrogens is 2. The van der Waals surface area contributed by atoms with Gasteiger partial charge in [-0.1, -0.05) is 36.4 Å². The van der Waals surface area contributed by atoms with Crippen LogP contribution in [0.4, 0.5) is 13.2 Å². The molecule has 2 aromatic carbocycles. The highest BCUT2D eigenvalue weighted by Gasteiger charge is 2.31. The van der Waals surface area contributed by atoms with Gasteiger partial charge in [-0.05, 0) is 49.4 Å². The van der Waals surface area contributed by atoms with Gasteiger partial charge in [-0.2, -0.15) is 13.2 Å². The SMILES string of the molecule is CCOC(=O)C1CCN(C(=O)c2coc(CN(CCc3c[nH]c4ccccc34)Cc3cccc(C(F)(F)F)c3)n2)CC1. The second-order valence-electron chi connectivity index (χ2n) is 10.5. The van der Waals surface area contributed by atoms with Crippen molar-refractivity contribution in [1.82, 2.24) is 19.8 Å². The Morgan fingerprint density at radius 3 is 2.67 bits per heavy atom. The Morgan fingerprint density at radius 1 is 1.12 bits per heavy atom. The number of amides is 1. The number of nitrogens with one attached hydrogen (secondary N) is 1. The van der Waals surface area contributed by atoms with Crippen LogP contribution in [0.2, 0.25) is 0 Å². The summed E-state index contributed by atoms with van der Waals surface area (Å²) in [7, 11) is 0. The molecule has 42 heavy (non-hydrogen) atoms. The number of alkyl halides is 3. The molecule has 222 valence electrons. The average Bonchev–Trinajstić information content (AvgIpc) is 3.63. The van der Waals surface area contributed by atoms with Gasteiger partial charge in [0.05, 0.1) is 24.6 Å². The predicted octanol–water partition coefficient (Wildman–Crippen LogP) is 5.83. The van der Waals surface area contributed by atoms with E-state index in [0.29, 0.717) is 57.0 Å². The number of ether oxygens (including phenoxy) is 1. The maximum absolute atomic E-state index is 13.4. The molecule has 1 saturated heterocycles.